The molecule has 6 heteroatoms. The van der Waals surface area contributed by atoms with Gasteiger partial charge >= 0.3 is 0 Å². The highest BCUT2D eigenvalue weighted by molar-refractivity contribution is 9.10. The number of likely N-dealkylation sites (tertiary alicyclic amines) is 1. The van der Waals surface area contributed by atoms with Gasteiger partial charge in [-0.2, -0.15) is 5.10 Å². The summed E-state index contributed by atoms with van der Waals surface area (Å²) < 4.78 is 6.51. The van der Waals surface area contributed by atoms with E-state index in [-0.39, 0.29) is 11.9 Å². The van der Waals surface area contributed by atoms with Crippen LogP contribution in [-0.2, 0) is 0 Å². The van der Waals surface area contributed by atoms with Gasteiger partial charge < -0.3 is 9.32 Å². The molecule has 1 N–H and O–H groups in total. The number of aromatic nitrogens is 2. The van der Waals surface area contributed by atoms with Gasteiger partial charge in [-0.05, 0) is 43.2 Å². The van der Waals surface area contributed by atoms with Crippen LogP contribution in [0.4, 0.5) is 0 Å². The lowest BCUT2D eigenvalue weighted by Crippen LogP contribution is -2.30. The molecule has 1 aliphatic heterocycles. The third-order valence-corrected chi connectivity index (χ3v) is 4.86. The lowest BCUT2D eigenvalue weighted by molar-refractivity contribution is 0.0714. The first-order chi connectivity index (χ1) is 11.7. The standard InChI is InChI=1S/C18H16BrN3O2/c19-13-7-5-12(6-8-13)14-11-15(21-20-14)18(23)22-9-1-3-16(22)17-4-2-10-24-17/h2,4-8,10-11,16H,1,3,9H2,(H,20,21). The summed E-state index contributed by atoms with van der Waals surface area (Å²) in [7, 11) is 0. The van der Waals surface area contributed by atoms with Gasteiger partial charge in [-0.1, -0.05) is 28.1 Å². The molecule has 1 fully saturated rings. The summed E-state index contributed by atoms with van der Waals surface area (Å²) in [5.41, 5.74) is 2.24. The first kappa shape index (κ1) is 15.2. The summed E-state index contributed by atoms with van der Waals surface area (Å²) in [6.07, 6.45) is 3.55. The van der Waals surface area contributed by atoms with E-state index in [0.717, 1.165) is 40.9 Å². The van der Waals surface area contributed by atoms with E-state index in [1.165, 1.54) is 0 Å². The van der Waals surface area contributed by atoms with Crippen LogP contribution in [0.25, 0.3) is 11.3 Å². The number of carbonyl (C=O) groups excluding carboxylic acids is 1. The maximum atomic E-state index is 12.9. The van der Waals surface area contributed by atoms with Gasteiger partial charge in [0.2, 0.25) is 0 Å². The number of nitrogens with zero attached hydrogens (tertiary/aromatic N) is 2. The fraction of sp³-hybridized carbons (Fsp3) is 0.222. The fourth-order valence-corrected chi connectivity index (χ4v) is 3.41. The molecule has 5 nitrogen and oxygen atoms in total. The van der Waals surface area contributed by atoms with Crippen molar-refractivity contribution < 1.29 is 9.21 Å². The molecule has 4 rings (SSSR count). The summed E-state index contributed by atoms with van der Waals surface area (Å²) in [5, 5.41) is 7.16. The van der Waals surface area contributed by atoms with E-state index in [9.17, 15) is 4.79 Å². The maximum Gasteiger partial charge on any atom is 0.272 e. The van der Waals surface area contributed by atoms with Gasteiger partial charge in [-0.3, -0.25) is 9.89 Å². The topological polar surface area (TPSA) is 62.1 Å². The average molecular weight is 386 g/mol. The molecule has 0 radical (unpaired) electrons. The molecule has 3 heterocycles. The van der Waals surface area contributed by atoms with E-state index in [0.29, 0.717) is 5.69 Å². The first-order valence-electron chi connectivity index (χ1n) is 7.88. The summed E-state index contributed by atoms with van der Waals surface area (Å²) in [6, 6.07) is 13.5. The van der Waals surface area contributed by atoms with Gasteiger partial charge in [-0.15, -0.1) is 0 Å². The molecule has 1 aromatic carbocycles. The van der Waals surface area contributed by atoms with Crippen molar-refractivity contribution in [3.8, 4) is 11.3 Å². The Kier molecular flexibility index (Phi) is 3.98. The van der Waals surface area contributed by atoms with Crippen LogP contribution in [0.3, 0.4) is 0 Å². The number of carbonyl (C=O) groups is 1. The summed E-state index contributed by atoms with van der Waals surface area (Å²) >= 11 is 3.42. The molecule has 24 heavy (non-hydrogen) atoms. The van der Waals surface area contributed by atoms with Gasteiger partial charge in [0.25, 0.3) is 5.91 Å². The van der Waals surface area contributed by atoms with E-state index >= 15 is 0 Å². The van der Waals surface area contributed by atoms with Crippen molar-refractivity contribution in [2.75, 3.05) is 6.54 Å². The van der Waals surface area contributed by atoms with E-state index in [1.54, 1.807) is 6.26 Å². The minimum Gasteiger partial charge on any atom is -0.467 e. The maximum absolute atomic E-state index is 12.9. The third-order valence-electron chi connectivity index (χ3n) is 4.33. The van der Waals surface area contributed by atoms with Crippen molar-refractivity contribution in [1.29, 1.82) is 0 Å². The molecule has 1 aliphatic rings. The van der Waals surface area contributed by atoms with Gasteiger partial charge in [0.15, 0.2) is 0 Å². The van der Waals surface area contributed by atoms with E-state index in [2.05, 4.69) is 26.1 Å². The molecule has 0 spiro atoms. The van der Waals surface area contributed by atoms with Crippen LogP contribution in [0.2, 0.25) is 0 Å². The zero-order valence-corrected chi connectivity index (χ0v) is 14.5. The quantitative estimate of drug-likeness (QED) is 0.726. The monoisotopic (exact) mass is 385 g/mol. The zero-order chi connectivity index (χ0) is 16.5. The normalized spacial score (nSPS) is 17.4. The predicted octanol–water partition coefficient (Wildman–Crippen LogP) is 4.41. The van der Waals surface area contributed by atoms with Crippen molar-refractivity contribution in [2.24, 2.45) is 0 Å². The van der Waals surface area contributed by atoms with Crippen LogP contribution in [-0.4, -0.2) is 27.5 Å². The lowest BCUT2D eigenvalue weighted by atomic mass is 10.1. The molecule has 0 bridgehead atoms. The number of rotatable bonds is 3. The Morgan fingerprint density at radius 2 is 2.12 bits per heavy atom. The van der Waals surface area contributed by atoms with Crippen molar-refractivity contribution >= 4 is 21.8 Å². The lowest BCUT2D eigenvalue weighted by Gasteiger charge is -2.22. The fourth-order valence-electron chi connectivity index (χ4n) is 3.14. The van der Waals surface area contributed by atoms with Crippen molar-refractivity contribution in [3.05, 3.63) is 64.7 Å². The number of amides is 1. The second kappa shape index (κ2) is 6.28. The Hall–Kier alpha value is -2.34. The molecule has 0 saturated carbocycles. The van der Waals surface area contributed by atoms with Gasteiger partial charge in [-0.25, -0.2) is 0 Å². The van der Waals surface area contributed by atoms with Crippen LogP contribution >= 0.6 is 15.9 Å². The van der Waals surface area contributed by atoms with Crippen LogP contribution < -0.4 is 0 Å². The molecular weight excluding hydrogens is 370 g/mol. The van der Waals surface area contributed by atoms with Crippen LogP contribution in [0.5, 0.6) is 0 Å². The highest BCUT2D eigenvalue weighted by Gasteiger charge is 2.33. The highest BCUT2D eigenvalue weighted by atomic mass is 79.9. The van der Waals surface area contributed by atoms with Crippen molar-refractivity contribution in [3.63, 3.8) is 0 Å². The molecular formula is C18H16BrN3O2. The second-order valence-electron chi connectivity index (χ2n) is 5.85. The second-order valence-corrected chi connectivity index (χ2v) is 6.76. The molecule has 1 saturated heterocycles. The van der Waals surface area contributed by atoms with Crippen LogP contribution in [0, 0.1) is 0 Å². The van der Waals surface area contributed by atoms with Crippen LogP contribution in [0.1, 0.15) is 35.1 Å². The summed E-state index contributed by atoms with van der Waals surface area (Å²) in [6.45, 7) is 0.733. The molecule has 0 aliphatic carbocycles. The van der Waals surface area contributed by atoms with E-state index in [4.69, 9.17) is 4.42 Å². The van der Waals surface area contributed by atoms with Crippen molar-refractivity contribution in [2.45, 2.75) is 18.9 Å². The number of benzene rings is 1. The van der Waals surface area contributed by atoms with Gasteiger partial charge in [0.05, 0.1) is 18.0 Å². The number of H-pyrrole nitrogens is 1. The number of nitrogens with one attached hydrogen (secondary N) is 1. The molecule has 2 aromatic heterocycles. The average Bonchev–Trinajstić information content (AvgIpc) is 3.34. The largest absolute Gasteiger partial charge is 0.467 e. The van der Waals surface area contributed by atoms with Gasteiger partial charge in [0, 0.05) is 16.6 Å². The predicted molar refractivity (Wildman–Crippen MR) is 93.4 cm³/mol. The molecule has 3 aromatic rings. The smallest absolute Gasteiger partial charge is 0.272 e. The molecule has 122 valence electrons. The zero-order valence-electron chi connectivity index (χ0n) is 12.9. The van der Waals surface area contributed by atoms with E-state index in [1.807, 2.05) is 47.4 Å². The Morgan fingerprint density at radius 3 is 2.88 bits per heavy atom. The number of hydrogen-bond donors (Lipinski definition) is 1. The third kappa shape index (κ3) is 2.78. The van der Waals surface area contributed by atoms with Crippen LogP contribution in [0.15, 0.2) is 57.6 Å². The molecule has 1 amide bonds. The Bertz CT molecular complexity index is 840. The summed E-state index contributed by atoms with van der Waals surface area (Å²) in [5.74, 6) is 0.804. The van der Waals surface area contributed by atoms with Crippen molar-refractivity contribution in [1.82, 2.24) is 15.1 Å². The Morgan fingerprint density at radius 1 is 1.29 bits per heavy atom. The first-order valence-corrected chi connectivity index (χ1v) is 8.67. The molecule has 1 atom stereocenters. The number of furan rings is 1. The number of hydrogen-bond acceptors (Lipinski definition) is 3. The Labute approximate surface area is 147 Å². The van der Waals surface area contributed by atoms with E-state index < -0.39 is 0 Å². The summed E-state index contributed by atoms with van der Waals surface area (Å²) in [4.78, 5) is 14.7. The molecule has 1 unspecified atom stereocenters. The Balaban J connectivity index is 1.57. The SMILES string of the molecule is O=C(c1cc(-c2ccc(Br)cc2)n[nH]1)N1CCCC1c1ccco1. The number of aromatic amines is 1. The highest BCUT2D eigenvalue weighted by Crippen LogP contribution is 2.33. The minimum absolute atomic E-state index is 0.00642. The minimum atomic E-state index is -0.0373. The number of halogens is 1. The van der Waals surface area contributed by atoms with Gasteiger partial charge in [0.1, 0.15) is 11.5 Å².